The van der Waals surface area contributed by atoms with Crippen LogP contribution >= 0.6 is 11.6 Å². The SMILES string of the molecule is COc1ccc(NCc2c(F)cccc2Cl)c(C)c1. The Balaban J connectivity index is 2.15. The topological polar surface area (TPSA) is 21.3 Å². The highest BCUT2D eigenvalue weighted by atomic mass is 35.5. The van der Waals surface area contributed by atoms with Crippen molar-refractivity contribution in [1.29, 1.82) is 0 Å². The molecule has 0 bridgehead atoms. The van der Waals surface area contributed by atoms with Crippen LogP contribution < -0.4 is 10.1 Å². The van der Waals surface area contributed by atoms with Crippen LogP contribution in [0.3, 0.4) is 0 Å². The average Bonchev–Trinajstić information content (AvgIpc) is 2.39. The van der Waals surface area contributed by atoms with Crippen LogP contribution in [-0.2, 0) is 6.54 Å². The van der Waals surface area contributed by atoms with Gasteiger partial charge in [0.05, 0.1) is 7.11 Å². The molecule has 0 heterocycles. The minimum absolute atomic E-state index is 0.300. The van der Waals surface area contributed by atoms with E-state index in [0.29, 0.717) is 17.1 Å². The van der Waals surface area contributed by atoms with Crippen LogP contribution in [0.15, 0.2) is 36.4 Å². The highest BCUT2D eigenvalue weighted by Gasteiger charge is 2.07. The molecule has 0 amide bonds. The number of halogens is 2. The zero-order valence-corrected chi connectivity index (χ0v) is 11.6. The first kappa shape index (κ1) is 13.7. The zero-order valence-electron chi connectivity index (χ0n) is 10.8. The molecule has 2 aromatic rings. The van der Waals surface area contributed by atoms with E-state index in [0.717, 1.165) is 17.0 Å². The highest BCUT2D eigenvalue weighted by molar-refractivity contribution is 6.31. The molecule has 0 aliphatic heterocycles. The van der Waals surface area contributed by atoms with Gasteiger partial charge in [-0.25, -0.2) is 4.39 Å². The maximum Gasteiger partial charge on any atom is 0.129 e. The molecule has 0 radical (unpaired) electrons. The van der Waals surface area contributed by atoms with Gasteiger partial charge in [0.2, 0.25) is 0 Å². The minimum Gasteiger partial charge on any atom is -0.497 e. The van der Waals surface area contributed by atoms with Crippen LogP contribution in [0.25, 0.3) is 0 Å². The maximum atomic E-state index is 13.6. The standard InChI is InChI=1S/C15H15ClFNO/c1-10-8-11(19-2)6-7-15(10)18-9-12-13(16)4-3-5-14(12)17/h3-8,18H,9H2,1-2H3. The van der Waals surface area contributed by atoms with Gasteiger partial charge in [-0.2, -0.15) is 0 Å². The number of methoxy groups -OCH3 is 1. The van der Waals surface area contributed by atoms with Gasteiger partial charge < -0.3 is 10.1 Å². The van der Waals surface area contributed by atoms with E-state index in [4.69, 9.17) is 16.3 Å². The Morgan fingerprint density at radius 3 is 2.68 bits per heavy atom. The van der Waals surface area contributed by atoms with Gasteiger partial charge in [-0.05, 0) is 42.8 Å². The van der Waals surface area contributed by atoms with E-state index in [2.05, 4.69) is 5.32 Å². The van der Waals surface area contributed by atoms with Crippen LogP contribution in [0.2, 0.25) is 5.02 Å². The Labute approximate surface area is 117 Å². The monoisotopic (exact) mass is 279 g/mol. The van der Waals surface area contributed by atoms with E-state index in [9.17, 15) is 4.39 Å². The van der Waals surface area contributed by atoms with Crippen molar-refractivity contribution in [2.24, 2.45) is 0 Å². The molecule has 0 saturated carbocycles. The first-order valence-corrected chi connectivity index (χ1v) is 6.31. The summed E-state index contributed by atoms with van der Waals surface area (Å²) in [5.74, 6) is 0.498. The third kappa shape index (κ3) is 3.18. The van der Waals surface area contributed by atoms with E-state index < -0.39 is 0 Å². The summed E-state index contributed by atoms with van der Waals surface area (Å²) in [6.45, 7) is 2.31. The van der Waals surface area contributed by atoms with Crippen molar-refractivity contribution in [1.82, 2.24) is 0 Å². The smallest absolute Gasteiger partial charge is 0.129 e. The van der Waals surface area contributed by atoms with Gasteiger partial charge in [0.15, 0.2) is 0 Å². The fourth-order valence-electron chi connectivity index (χ4n) is 1.85. The first-order valence-electron chi connectivity index (χ1n) is 5.93. The number of ether oxygens (including phenoxy) is 1. The third-order valence-corrected chi connectivity index (χ3v) is 3.30. The van der Waals surface area contributed by atoms with Crippen molar-refractivity contribution in [3.05, 3.63) is 58.4 Å². The van der Waals surface area contributed by atoms with Gasteiger partial charge in [-0.3, -0.25) is 0 Å². The second-order valence-corrected chi connectivity index (χ2v) is 4.64. The molecule has 19 heavy (non-hydrogen) atoms. The summed E-state index contributed by atoms with van der Waals surface area (Å²) < 4.78 is 18.8. The first-order chi connectivity index (χ1) is 9.11. The summed E-state index contributed by atoms with van der Waals surface area (Å²) in [5.41, 5.74) is 2.44. The van der Waals surface area contributed by atoms with Gasteiger partial charge in [-0.1, -0.05) is 17.7 Å². The van der Waals surface area contributed by atoms with E-state index in [1.807, 2.05) is 25.1 Å². The van der Waals surface area contributed by atoms with E-state index in [1.54, 1.807) is 19.2 Å². The van der Waals surface area contributed by atoms with E-state index >= 15 is 0 Å². The summed E-state index contributed by atoms with van der Waals surface area (Å²) in [5, 5.41) is 3.61. The molecular weight excluding hydrogens is 265 g/mol. The molecule has 100 valence electrons. The fraction of sp³-hybridized carbons (Fsp3) is 0.200. The Kier molecular flexibility index (Phi) is 4.27. The molecule has 0 aliphatic rings. The summed E-state index contributed by atoms with van der Waals surface area (Å²) >= 11 is 5.98. The summed E-state index contributed by atoms with van der Waals surface area (Å²) in [6.07, 6.45) is 0. The molecule has 0 fully saturated rings. The Bertz CT molecular complexity index is 566. The molecule has 2 aromatic carbocycles. The molecule has 0 atom stereocenters. The van der Waals surface area contributed by atoms with E-state index in [-0.39, 0.29) is 5.82 Å². The van der Waals surface area contributed by atoms with Gasteiger partial charge in [0.1, 0.15) is 11.6 Å². The van der Waals surface area contributed by atoms with Crippen LogP contribution in [0, 0.1) is 12.7 Å². The second kappa shape index (κ2) is 5.93. The molecule has 1 N–H and O–H groups in total. The Morgan fingerprint density at radius 2 is 2.05 bits per heavy atom. The van der Waals surface area contributed by atoms with Crippen molar-refractivity contribution in [3.8, 4) is 5.75 Å². The van der Waals surface area contributed by atoms with Gasteiger partial charge in [0.25, 0.3) is 0 Å². The second-order valence-electron chi connectivity index (χ2n) is 4.23. The third-order valence-electron chi connectivity index (χ3n) is 2.95. The highest BCUT2D eigenvalue weighted by Crippen LogP contribution is 2.24. The zero-order chi connectivity index (χ0) is 13.8. The predicted molar refractivity (Wildman–Crippen MR) is 76.5 cm³/mol. The largest absolute Gasteiger partial charge is 0.497 e. The lowest BCUT2D eigenvalue weighted by Gasteiger charge is -2.12. The van der Waals surface area contributed by atoms with E-state index in [1.165, 1.54) is 6.07 Å². The van der Waals surface area contributed by atoms with Gasteiger partial charge in [-0.15, -0.1) is 0 Å². The number of aryl methyl sites for hydroxylation is 1. The molecule has 0 saturated heterocycles. The molecular formula is C15H15ClFNO. The normalized spacial score (nSPS) is 10.3. The molecule has 2 rings (SSSR count). The summed E-state index contributed by atoms with van der Waals surface area (Å²) in [6, 6.07) is 10.4. The van der Waals surface area contributed by atoms with Crippen LogP contribution in [0.5, 0.6) is 5.75 Å². The van der Waals surface area contributed by atoms with Crippen molar-refractivity contribution >= 4 is 17.3 Å². The lowest BCUT2D eigenvalue weighted by molar-refractivity contribution is 0.414. The molecule has 0 aromatic heterocycles. The molecule has 0 spiro atoms. The molecule has 2 nitrogen and oxygen atoms in total. The van der Waals surface area contributed by atoms with Crippen LogP contribution in [0.4, 0.5) is 10.1 Å². The number of nitrogens with one attached hydrogen (secondary N) is 1. The number of hydrogen-bond donors (Lipinski definition) is 1. The number of benzene rings is 2. The van der Waals surface area contributed by atoms with Crippen molar-refractivity contribution in [3.63, 3.8) is 0 Å². The van der Waals surface area contributed by atoms with Crippen LogP contribution in [0.1, 0.15) is 11.1 Å². The quantitative estimate of drug-likeness (QED) is 0.895. The molecule has 0 unspecified atom stereocenters. The number of anilines is 1. The van der Waals surface area contributed by atoms with Gasteiger partial charge >= 0.3 is 0 Å². The Hall–Kier alpha value is -1.74. The number of hydrogen-bond acceptors (Lipinski definition) is 2. The average molecular weight is 280 g/mol. The summed E-state index contributed by atoms with van der Waals surface area (Å²) in [7, 11) is 1.63. The molecule has 4 heteroatoms. The van der Waals surface area contributed by atoms with Crippen molar-refractivity contribution in [2.45, 2.75) is 13.5 Å². The van der Waals surface area contributed by atoms with Crippen molar-refractivity contribution in [2.75, 3.05) is 12.4 Å². The molecule has 0 aliphatic carbocycles. The maximum absolute atomic E-state index is 13.6. The predicted octanol–water partition coefficient (Wildman–Crippen LogP) is 4.41. The van der Waals surface area contributed by atoms with Crippen molar-refractivity contribution < 1.29 is 9.13 Å². The summed E-state index contributed by atoms with van der Waals surface area (Å²) in [4.78, 5) is 0. The Morgan fingerprint density at radius 1 is 1.26 bits per heavy atom. The lowest BCUT2D eigenvalue weighted by atomic mass is 10.1. The number of rotatable bonds is 4. The van der Waals surface area contributed by atoms with Gasteiger partial charge in [0, 0.05) is 22.8 Å². The van der Waals surface area contributed by atoms with Crippen LogP contribution in [-0.4, -0.2) is 7.11 Å². The minimum atomic E-state index is -0.300. The fourth-order valence-corrected chi connectivity index (χ4v) is 2.08. The lowest BCUT2D eigenvalue weighted by Crippen LogP contribution is -2.04.